The highest BCUT2D eigenvalue weighted by atomic mass is 16.7. The molecule has 10 rings (SSSR count). The van der Waals surface area contributed by atoms with Crippen LogP contribution >= 0.6 is 0 Å². The molecule has 0 bridgehead atoms. The van der Waals surface area contributed by atoms with Crippen LogP contribution < -0.4 is 15.8 Å². The van der Waals surface area contributed by atoms with Crippen LogP contribution in [-0.2, 0) is 34.9 Å². The Morgan fingerprint density at radius 3 is 1.48 bits per heavy atom. The van der Waals surface area contributed by atoms with E-state index < -0.39 is 30.9 Å². The number of hydrogen-bond acceptors (Lipinski definition) is 5. The van der Waals surface area contributed by atoms with Gasteiger partial charge in [0.05, 0.1) is 34.0 Å². The normalized spacial score (nSPS) is 21.3. The van der Waals surface area contributed by atoms with Crippen LogP contribution in [0.25, 0.3) is 22.3 Å². The average Bonchev–Trinajstić information content (AvgIpc) is 4.03. The maximum absolute atomic E-state index is 6.58. The van der Waals surface area contributed by atoms with Gasteiger partial charge in [0, 0.05) is 16.9 Å². The Balaban J connectivity index is 1.19. The van der Waals surface area contributed by atoms with E-state index in [0.717, 1.165) is 40.8 Å². The smallest absolute Gasteiger partial charge is 0.402 e. The van der Waals surface area contributed by atoms with Gasteiger partial charge < -0.3 is 23.5 Å². The minimum atomic E-state index is -0.547. The second kappa shape index (κ2) is 19.8. The lowest BCUT2D eigenvalue weighted by Crippen LogP contribution is -2.41. The fraction of sp³-hybridized carbons (Fsp3) is 0.471. The topological polar surface area (TPSA) is 40.2 Å². The van der Waals surface area contributed by atoms with Crippen molar-refractivity contribution in [2.45, 2.75) is 194 Å². The summed E-state index contributed by atoms with van der Waals surface area (Å²) in [6, 6.07) is 49.5. The molecule has 0 amide bonds. The zero-order valence-electron chi connectivity index (χ0n) is 48.2. The van der Waals surface area contributed by atoms with Gasteiger partial charge in [0.1, 0.15) is 0 Å². The molecule has 0 N–H and O–H groups in total. The maximum atomic E-state index is 6.58. The number of hydrogen-bond donors (Lipinski definition) is 0. The summed E-state index contributed by atoms with van der Waals surface area (Å²) in [6.07, 6.45) is 9.43. The number of rotatable bonds is 17. The number of fused-ring (bicyclic) bond motifs is 10. The van der Waals surface area contributed by atoms with Crippen molar-refractivity contribution < 1.29 is 18.6 Å². The summed E-state index contributed by atoms with van der Waals surface area (Å²) in [7, 11) is -0.898. The molecule has 3 unspecified atom stereocenters. The fourth-order valence-corrected chi connectivity index (χ4v) is 12.9. The molecule has 0 aromatic heterocycles. The standard InChI is InChI=1S/C68H85B2NO4/c1-16-66(14,41-21-23-45(3)4)48-29-39-54-55-40-30-49(67(15,17-2)42-22-24-46(5)6)44-60(55)68(59(54)43-48)57-26-19-18-25-56(57)62-58(68)27-20-28-61(62)71(52-35-31-50(32-36-52)69-72-47(7)63(8,9)73-69)53-37-33-51(34-38-53)70-74-64(10,11)65(12,13)75-70/h18-20,25-40,43-47H,16-17,21-24,41-42H2,1-15H3. The minimum absolute atomic E-state index is 0.0281. The van der Waals surface area contributed by atoms with Crippen molar-refractivity contribution in [3.05, 3.63) is 161 Å². The number of benzene rings is 6. The average molecular weight is 1000 g/mol. The fourth-order valence-electron chi connectivity index (χ4n) is 12.9. The number of nitrogens with zero attached hydrogens (tertiary/aromatic N) is 1. The molecule has 2 aliphatic heterocycles. The quantitative estimate of drug-likeness (QED) is 0.0850. The van der Waals surface area contributed by atoms with Crippen molar-refractivity contribution in [2.24, 2.45) is 11.8 Å². The van der Waals surface area contributed by atoms with E-state index in [0.29, 0.717) is 11.8 Å². The molecule has 2 saturated heterocycles. The van der Waals surface area contributed by atoms with Gasteiger partial charge in [-0.15, -0.1) is 0 Å². The predicted octanol–water partition coefficient (Wildman–Crippen LogP) is 16.7. The van der Waals surface area contributed by atoms with Crippen LogP contribution in [0, 0.1) is 11.8 Å². The molecule has 0 radical (unpaired) electrons. The molecule has 392 valence electrons. The van der Waals surface area contributed by atoms with E-state index in [9.17, 15) is 0 Å². The molecule has 1 spiro atoms. The largest absolute Gasteiger partial charge is 0.494 e. The molecule has 0 saturated carbocycles. The lowest BCUT2D eigenvalue weighted by atomic mass is 9.67. The summed E-state index contributed by atoms with van der Waals surface area (Å²) < 4.78 is 26.1. The first kappa shape index (κ1) is 53.5. The second-order valence-electron chi connectivity index (χ2n) is 25.9. The minimum Gasteiger partial charge on any atom is -0.402 e. The van der Waals surface area contributed by atoms with Gasteiger partial charge in [-0.2, -0.15) is 0 Å². The van der Waals surface area contributed by atoms with Gasteiger partial charge in [0.2, 0.25) is 0 Å². The van der Waals surface area contributed by atoms with Gasteiger partial charge in [-0.05, 0) is 188 Å². The van der Waals surface area contributed by atoms with E-state index in [1.807, 2.05) is 0 Å². The molecule has 75 heavy (non-hydrogen) atoms. The van der Waals surface area contributed by atoms with Crippen molar-refractivity contribution >= 4 is 42.2 Å². The van der Waals surface area contributed by atoms with E-state index in [2.05, 4.69) is 236 Å². The Morgan fingerprint density at radius 1 is 0.533 bits per heavy atom. The highest BCUT2D eigenvalue weighted by molar-refractivity contribution is 6.62. The third kappa shape index (κ3) is 9.18. The van der Waals surface area contributed by atoms with Gasteiger partial charge >= 0.3 is 14.2 Å². The van der Waals surface area contributed by atoms with Crippen LogP contribution in [0.15, 0.2) is 127 Å². The maximum Gasteiger partial charge on any atom is 0.494 e. The highest BCUT2D eigenvalue weighted by Crippen LogP contribution is 2.65. The summed E-state index contributed by atoms with van der Waals surface area (Å²) in [5.41, 5.74) is 17.2. The van der Waals surface area contributed by atoms with Crippen LogP contribution in [0.5, 0.6) is 0 Å². The Kier molecular flexibility index (Phi) is 14.1. The first-order chi connectivity index (χ1) is 35.6. The molecule has 3 atom stereocenters. The van der Waals surface area contributed by atoms with E-state index in [-0.39, 0.29) is 22.5 Å². The molecular weight excluding hydrogens is 916 g/mol. The van der Waals surface area contributed by atoms with Gasteiger partial charge in [-0.3, -0.25) is 0 Å². The second-order valence-corrected chi connectivity index (χ2v) is 25.9. The summed E-state index contributed by atoms with van der Waals surface area (Å²) in [4.78, 5) is 2.46. The Labute approximate surface area is 452 Å². The summed E-state index contributed by atoms with van der Waals surface area (Å²) in [5.74, 6) is 1.38. The SMILES string of the molecule is CCC(C)(CCCC(C)C)c1ccc2c(c1)C1(c3cc(C(C)(CC)CCCC(C)C)ccc3-2)c2ccccc2-c2c(N(c3ccc(B4OC(C)C(C)(C)O4)cc3)c3ccc(B4OC(C)(C)C(C)(C)O4)cc3)cccc21. The summed E-state index contributed by atoms with van der Waals surface area (Å²) in [6.45, 7) is 34.1. The summed E-state index contributed by atoms with van der Waals surface area (Å²) in [5, 5.41) is 0. The molecule has 7 heteroatoms. The van der Waals surface area contributed by atoms with E-state index in [4.69, 9.17) is 18.6 Å². The molecule has 5 nitrogen and oxygen atoms in total. The molecule has 2 heterocycles. The Hall–Kier alpha value is -4.91. The molecular formula is C68H85B2NO4. The first-order valence-corrected chi connectivity index (χ1v) is 28.8. The van der Waals surface area contributed by atoms with Crippen molar-refractivity contribution in [2.75, 3.05) is 4.90 Å². The predicted molar refractivity (Wildman–Crippen MR) is 317 cm³/mol. The van der Waals surface area contributed by atoms with Crippen molar-refractivity contribution in [1.82, 2.24) is 0 Å². The van der Waals surface area contributed by atoms with Crippen LogP contribution in [0.2, 0.25) is 0 Å². The first-order valence-electron chi connectivity index (χ1n) is 28.8. The highest BCUT2D eigenvalue weighted by Gasteiger charge is 2.54. The zero-order valence-corrected chi connectivity index (χ0v) is 48.2. The molecule has 6 aromatic rings. The van der Waals surface area contributed by atoms with E-state index in [1.54, 1.807) is 0 Å². The van der Waals surface area contributed by atoms with Crippen LogP contribution in [0.3, 0.4) is 0 Å². The molecule has 2 aliphatic carbocycles. The monoisotopic (exact) mass is 1000 g/mol. The van der Waals surface area contributed by atoms with Gasteiger partial charge in [-0.25, -0.2) is 0 Å². The Morgan fingerprint density at radius 2 is 1.01 bits per heavy atom. The lowest BCUT2D eigenvalue weighted by molar-refractivity contribution is 0.00578. The Bertz CT molecular complexity index is 2950. The van der Waals surface area contributed by atoms with Crippen LogP contribution in [0.1, 0.15) is 189 Å². The van der Waals surface area contributed by atoms with Crippen LogP contribution in [0.4, 0.5) is 17.1 Å². The molecule has 4 aliphatic rings. The number of anilines is 3. The van der Waals surface area contributed by atoms with Crippen molar-refractivity contribution in [3.63, 3.8) is 0 Å². The van der Waals surface area contributed by atoms with E-state index in [1.165, 1.54) is 94.2 Å². The molecule has 6 aromatic carbocycles. The van der Waals surface area contributed by atoms with Crippen molar-refractivity contribution in [1.29, 1.82) is 0 Å². The van der Waals surface area contributed by atoms with E-state index >= 15 is 0 Å². The summed E-state index contributed by atoms with van der Waals surface area (Å²) >= 11 is 0. The third-order valence-corrected chi connectivity index (χ3v) is 19.2. The van der Waals surface area contributed by atoms with Gasteiger partial charge in [-0.1, -0.05) is 178 Å². The van der Waals surface area contributed by atoms with Crippen molar-refractivity contribution in [3.8, 4) is 22.3 Å². The van der Waals surface area contributed by atoms with Gasteiger partial charge in [0.15, 0.2) is 0 Å². The van der Waals surface area contributed by atoms with Crippen LogP contribution in [-0.4, -0.2) is 37.1 Å². The van der Waals surface area contributed by atoms with Gasteiger partial charge in [0.25, 0.3) is 0 Å². The zero-order chi connectivity index (χ0) is 53.5. The molecule has 2 fully saturated rings. The lowest BCUT2D eigenvalue weighted by Gasteiger charge is -2.35. The third-order valence-electron chi connectivity index (χ3n) is 19.2.